The van der Waals surface area contributed by atoms with E-state index in [0.29, 0.717) is 43.3 Å². The molecule has 1 aliphatic heterocycles. The van der Waals surface area contributed by atoms with Gasteiger partial charge in [-0.3, -0.25) is 9.59 Å². The molecule has 1 aromatic heterocycles. The highest BCUT2D eigenvalue weighted by Crippen LogP contribution is 2.26. The smallest absolute Gasteiger partial charge is 0.253 e. The lowest BCUT2D eigenvalue weighted by atomic mass is 10.1. The van der Waals surface area contributed by atoms with Crippen LogP contribution in [0.4, 0.5) is 0 Å². The van der Waals surface area contributed by atoms with Gasteiger partial charge in [-0.1, -0.05) is 22.3 Å². The topological polar surface area (TPSA) is 79.5 Å². The Morgan fingerprint density at radius 3 is 2.35 bits per heavy atom. The fourth-order valence-electron chi connectivity index (χ4n) is 3.50. The summed E-state index contributed by atoms with van der Waals surface area (Å²) in [4.78, 5) is 32.9. The van der Waals surface area contributed by atoms with E-state index in [9.17, 15) is 9.59 Å². The molecule has 0 aliphatic carbocycles. The standard InChI is InChI=1S/C19H24N4O3/c1-12-9-13(2)11-16(10-12)19(25)22-6-5-17(18-20-14(3)21-26-18)23(8-7-22)15(4)24/h9-11,17H,5-8H2,1-4H3. The minimum absolute atomic E-state index is 0.0114. The van der Waals surface area contributed by atoms with Crippen molar-refractivity contribution in [1.82, 2.24) is 19.9 Å². The highest BCUT2D eigenvalue weighted by molar-refractivity contribution is 5.94. The van der Waals surface area contributed by atoms with E-state index in [1.807, 2.05) is 32.0 Å². The number of aromatic nitrogens is 2. The van der Waals surface area contributed by atoms with E-state index in [1.54, 1.807) is 16.7 Å². The van der Waals surface area contributed by atoms with E-state index in [4.69, 9.17) is 4.52 Å². The lowest BCUT2D eigenvalue weighted by molar-refractivity contribution is -0.131. The third-order valence-corrected chi connectivity index (χ3v) is 4.65. The van der Waals surface area contributed by atoms with Crippen molar-refractivity contribution in [2.24, 2.45) is 0 Å². The number of benzene rings is 1. The van der Waals surface area contributed by atoms with Crippen molar-refractivity contribution in [2.45, 2.75) is 40.2 Å². The van der Waals surface area contributed by atoms with Gasteiger partial charge in [0.25, 0.3) is 5.91 Å². The van der Waals surface area contributed by atoms with Gasteiger partial charge < -0.3 is 14.3 Å². The van der Waals surface area contributed by atoms with Crippen molar-refractivity contribution in [1.29, 1.82) is 0 Å². The summed E-state index contributed by atoms with van der Waals surface area (Å²) in [5, 5.41) is 3.83. The molecule has 138 valence electrons. The quantitative estimate of drug-likeness (QED) is 0.826. The molecule has 7 nitrogen and oxygen atoms in total. The molecule has 0 N–H and O–H groups in total. The molecule has 1 unspecified atom stereocenters. The number of carbonyl (C=O) groups is 2. The van der Waals surface area contributed by atoms with E-state index in [0.717, 1.165) is 11.1 Å². The maximum atomic E-state index is 13.0. The SMILES string of the molecule is CC(=O)N1CCN(C(=O)c2cc(C)cc(C)c2)CCC1c1nc(C)no1. The van der Waals surface area contributed by atoms with Crippen LogP contribution >= 0.6 is 0 Å². The lowest BCUT2D eigenvalue weighted by Gasteiger charge is -2.25. The molecule has 1 atom stereocenters. The van der Waals surface area contributed by atoms with Gasteiger partial charge in [0.1, 0.15) is 6.04 Å². The van der Waals surface area contributed by atoms with Gasteiger partial charge in [-0.2, -0.15) is 4.98 Å². The maximum Gasteiger partial charge on any atom is 0.253 e. The number of nitrogens with zero attached hydrogens (tertiary/aromatic N) is 4. The normalized spacial score (nSPS) is 17.9. The summed E-state index contributed by atoms with van der Waals surface area (Å²) in [6.07, 6.45) is 0.567. The van der Waals surface area contributed by atoms with Crippen LogP contribution in [0, 0.1) is 20.8 Å². The fourth-order valence-corrected chi connectivity index (χ4v) is 3.50. The first-order valence-electron chi connectivity index (χ1n) is 8.80. The molecular weight excluding hydrogens is 332 g/mol. The molecule has 2 aromatic rings. The largest absolute Gasteiger partial charge is 0.337 e. The van der Waals surface area contributed by atoms with Crippen LogP contribution in [0.3, 0.4) is 0 Å². The van der Waals surface area contributed by atoms with Gasteiger partial charge >= 0.3 is 0 Å². The second-order valence-corrected chi connectivity index (χ2v) is 6.87. The van der Waals surface area contributed by atoms with E-state index >= 15 is 0 Å². The Hall–Kier alpha value is -2.70. The van der Waals surface area contributed by atoms with Crippen LogP contribution in [0.1, 0.15) is 52.6 Å². The Balaban J connectivity index is 1.82. The molecule has 2 heterocycles. The predicted molar refractivity (Wildman–Crippen MR) is 95.6 cm³/mol. The molecule has 1 fully saturated rings. The molecule has 1 aliphatic rings. The van der Waals surface area contributed by atoms with Crippen molar-refractivity contribution in [3.63, 3.8) is 0 Å². The summed E-state index contributed by atoms with van der Waals surface area (Å²) in [7, 11) is 0. The summed E-state index contributed by atoms with van der Waals surface area (Å²) >= 11 is 0. The Labute approximate surface area is 153 Å². The number of carbonyl (C=O) groups excluding carboxylic acids is 2. The predicted octanol–water partition coefficient (Wildman–Crippen LogP) is 2.43. The summed E-state index contributed by atoms with van der Waals surface area (Å²) in [5.74, 6) is 0.892. The Morgan fingerprint density at radius 1 is 1.08 bits per heavy atom. The van der Waals surface area contributed by atoms with Crippen molar-refractivity contribution in [3.8, 4) is 0 Å². The number of aryl methyl sites for hydroxylation is 3. The summed E-state index contributed by atoms with van der Waals surface area (Å²) in [6, 6.07) is 5.56. The minimum Gasteiger partial charge on any atom is -0.337 e. The van der Waals surface area contributed by atoms with E-state index in [1.165, 1.54) is 6.92 Å². The molecule has 1 saturated heterocycles. The van der Waals surface area contributed by atoms with Crippen molar-refractivity contribution >= 4 is 11.8 Å². The van der Waals surface area contributed by atoms with Gasteiger partial charge in [0.05, 0.1) is 0 Å². The number of rotatable bonds is 2. The Morgan fingerprint density at radius 2 is 1.77 bits per heavy atom. The van der Waals surface area contributed by atoms with Crippen LogP contribution in [0.15, 0.2) is 22.7 Å². The van der Waals surface area contributed by atoms with E-state index in [-0.39, 0.29) is 17.9 Å². The minimum atomic E-state index is -0.300. The second-order valence-electron chi connectivity index (χ2n) is 6.87. The average Bonchev–Trinajstić information content (AvgIpc) is 2.87. The van der Waals surface area contributed by atoms with Crippen molar-refractivity contribution < 1.29 is 14.1 Å². The summed E-state index contributed by atoms with van der Waals surface area (Å²) < 4.78 is 5.29. The number of hydrogen-bond donors (Lipinski definition) is 0. The first-order chi connectivity index (χ1) is 12.3. The summed E-state index contributed by atoms with van der Waals surface area (Å²) in [6.45, 7) is 8.69. The Kier molecular flexibility index (Phi) is 5.06. The molecule has 0 bridgehead atoms. The van der Waals surface area contributed by atoms with E-state index in [2.05, 4.69) is 10.1 Å². The summed E-state index contributed by atoms with van der Waals surface area (Å²) in [5.41, 5.74) is 2.81. The van der Waals surface area contributed by atoms with Gasteiger partial charge in [0.15, 0.2) is 5.82 Å². The fraction of sp³-hybridized carbons (Fsp3) is 0.474. The third kappa shape index (κ3) is 3.76. The molecule has 1 aromatic carbocycles. The molecule has 0 saturated carbocycles. The monoisotopic (exact) mass is 356 g/mol. The van der Waals surface area contributed by atoms with Gasteiger partial charge in [0.2, 0.25) is 11.8 Å². The van der Waals surface area contributed by atoms with Gasteiger partial charge in [-0.05, 0) is 39.3 Å². The zero-order valence-corrected chi connectivity index (χ0v) is 15.7. The van der Waals surface area contributed by atoms with E-state index < -0.39 is 0 Å². The Bertz CT molecular complexity index is 810. The molecule has 0 spiro atoms. The first-order valence-corrected chi connectivity index (χ1v) is 8.80. The highest BCUT2D eigenvalue weighted by Gasteiger charge is 2.32. The van der Waals surface area contributed by atoms with Crippen LogP contribution < -0.4 is 0 Å². The number of hydrogen-bond acceptors (Lipinski definition) is 5. The molecule has 7 heteroatoms. The van der Waals surface area contributed by atoms with Crippen molar-refractivity contribution in [3.05, 3.63) is 46.6 Å². The van der Waals surface area contributed by atoms with Crippen LogP contribution in [0.25, 0.3) is 0 Å². The molecule has 2 amide bonds. The number of amides is 2. The van der Waals surface area contributed by atoms with Gasteiger partial charge in [-0.15, -0.1) is 0 Å². The second kappa shape index (κ2) is 7.27. The molecular formula is C19H24N4O3. The van der Waals surface area contributed by atoms with Gasteiger partial charge in [0, 0.05) is 32.1 Å². The zero-order chi connectivity index (χ0) is 18.8. The third-order valence-electron chi connectivity index (χ3n) is 4.65. The van der Waals surface area contributed by atoms with Gasteiger partial charge in [-0.25, -0.2) is 0 Å². The molecule has 3 rings (SSSR count). The molecule has 26 heavy (non-hydrogen) atoms. The van der Waals surface area contributed by atoms with Crippen LogP contribution in [-0.2, 0) is 4.79 Å². The first kappa shape index (κ1) is 18.1. The molecule has 0 radical (unpaired) electrons. The van der Waals surface area contributed by atoms with Crippen LogP contribution in [0.5, 0.6) is 0 Å². The van der Waals surface area contributed by atoms with Crippen LogP contribution in [-0.4, -0.2) is 51.4 Å². The highest BCUT2D eigenvalue weighted by atomic mass is 16.5. The maximum absolute atomic E-state index is 13.0. The average molecular weight is 356 g/mol. The van der Waals surface area contributed by atoms with Crippen LogP contribution in [0.2, 0.25) is 0 Å². The lowest BCUT2D eigenvalue weighted by Crippen LogP contribution is -2.37. The van der Waals surface area contributed by atoms with Crippen molar-refractivity contribution in [2.75, 3.05) is 19.6 Å². The zero-order valence-electron chi connectivity index (χ0n) is 15.7.